The van der Waals surface area contributed by atoms with E-state index in [4.69, 9.17) is 4.74 Å². The van der Waals surface area contributed by atoms with Gasteiger partial charge in [-0.15, -0.1) is 11.3 Å². The van der Waals surface area contributed by atoms with Crippen molar-refractivity contribution in [1.82, 2.24) is 9.97 Å². The van der Waals surface area contributed by atoms with E-state index in [0.29, 0.717) is 10.6 Å². The Kier molecular flexibility index (Phi) is 7.94. The van der Waals surface area contributed by atoms with E-state index >= 15 is 0 Å². The van der Waals surface area contributed by atoms with Gasteiger partial charge in [-0.1, -0.05) is 11.8 Å². The lowest BCUT2D eigenvalue weighted by Gasteiger charge is -2.12. The molecule has 0 spiro atoms. The predicted octanol–water partition coefficient (Wildman–Crippen LogP) is 6.15. The lowest BCUT2D eigenvalue weighted by molar-refractivity contribution is -0.141. The number of aryl methyl sites for hydroxylation is 1. The number of carbonyl (C=O) groups excluding carboxylic acids is 2. The van der Waals surface area contributed by atoms with E-state index in [1.54, 1.807) is 6.92 Å². The first-order valence-corrected chi connectivity index (χ1v) is 12.9. The first-order valence-electron chi connectivity index (χ1n) is 11.1. The Morgan fingerprint density at radius 2 is 1.86 bits per heavy atom. The Morgan fingerprint density at radius 3 is 2.56 bits per heavy atom. The number of nitrogens with one attached hydrogen (secondary N) is 1. The Morgan fingerprint density at radius 1 is 1.14 bits per heavy atom. The van der Waals surface area contributed by atoms with Crippen molar-refractivity contribution in [2.24, 2.45) is 0 Å². The molecule has 1 aliphatic rings. The van der Waals surface area contributed by atoms with Gasteiger partial charge >= 0.3 is 12.1 Å². The summed E-state index contributed by atoms with van der Waals surface area (Å²) in [4.78, 5) is 34.0. The van der Waals surface area contributed by atoms with Gasteiger partial charge in [0.15, 0.2) is 5.16 Å². The van der Waals surface area contributed by atoms with Gasteiger partial charge in [0.2, 0.25) is 5.91 Å². The first kappa shape index (κ1) is 26.1. The van der Waals surface area contributed by atoms with E-state index < -0.39 is 29.6 Å². The number of ether oxygens (including phenoxy) is 1. The van der Waals surface area contributed by atoms with E-state index in [-0.39, 0.29) is 28.8 Å². The summed E-state index contributed by atoms with van der Waals surface area (Å²) < 4.78 is 58.7. The molecular weight excluding hydrogens is 518 g/mol. The van der Waals surface area contributed by atoms with Crippen molar-refractivity contribution in [1.29, 1.82) is 0 Å². The van der Waals surface area contributed by atoms with Crippen LogP contribution in [0.1, 0.15) is 46.3 Å². The standard InChI is InChI=1S/C24H21F4N3O3S2/c1-2-34-22(33)20-15-5-3-4-6-17(15)36-21(20)31-19(32)12-35-23-29-16(11-18(30-23)24(26,27)28)13-7-9-14(25)10-8-13/h7-11H,2-6,12H2,1H3,(H,31,32). The smallest absolute Gasteiger partial charge is 0.433 e. The number of thiophene rings is 1. The maximum absolute atomic E-state index is 13.4. The molecule has 1 amide bonds. The zero-order valence-corrected chi connectivity index (χ0v) is 20.7. The highest BCUT2D eigenvalue weighted by Gasteiger charge is 2.34. The van der Waals surface area contributed by atoms with Crippen LogP contribution in [0.25, 0.3) is 11.3 Å². The maximum Gasteiger partial charge on any atom is 0.433 e. The molecule has 1 aliphatic carbocycles. The molecule has 36 heavy (non-hydrogen) atoms. The summed E-state index contributed by atoms with van der Waals surface area (Å²) in [5.41, 5.74) is 0.298. The first-order chi connectivity index (χ1) is 17.2. The molecule has 2 aromatic heterocycles. The van der Waals surface area contributed by atoms with Crippen molar-refractivity contribution < 1.29 is 31.9 Å². The number of carbonyl (C=O) groups is 2. The zero-order chi connectivity index (χ0) is 25.9. The highest BCUT2D eigenvalue weighted by molar-refractivity contribution is 7.99. The van der Waals surface area contributed by atoms with Gasteiger partial charge in [-0.2, -0.15) is 13.2 Å². The van der Waals surface area contributed by atoms with Crippen molar-refractivity contribution in [2.45, 2.75) is 43.9 Å². The summed E-state index contributed by atoms with van der Waals surface area (Å²) in [6.45, 7) is 1.89. The molecule has 0 saturated heterocycles. The highest BCUT2D eigenvalue weighted by atomic mass is 32.2. The summed E-state index contributed by atoms with van der Waals surface area (Å²) in [5.74, 6) is -1.85. The molecule has 1 N–H and O–H groups in total. The van der Waals surface area contributed by atoms with Crippen LogP contribution in [0.5, 0.6) is 0 Å². The van der Waals surface area contributed by atoms with Gasteiger partial charge in [-0.25, -0.2) is 19.2 Å². The average Bonchev–Trinajstić information content (AvgIpc) is 3.20. The number of amides is 1. The molecule has 0 fully saturated rings. The lowest BCUT2D eigenvalue weighted by atomic mass is 9.95. The topological polar surface area (TPSA) is 81.2 Å². The largest absolute Gasteiger partial charge is 0.462 e. The molecule has 0 aliphatic heterocycles. The Hall–Kier alpha value is -2.99. The third-order valence-electron chi connectivity index (χ3n) is 5.37. The highest BCUT2D eigenvalue weighted by Crippen LogP contribution is 2.39. The SMILES string of the molecule is CCOC(=O)c1c(NC(=O)CSc2nc(-c3ccc(F)cc3)cc(C(F)(F)F)n2)sc2c1CCCC2. The lowest BCUT2D eigenvalue weighted by Crippen LogP contribution is -2.17. The number of benzene rings is 1. The summed E-state index contributed by atoms with van der Waals surface area (Å²) in [6, 6.07) is 5.64. The number of halogens is 4. The molecule has 12 heteroatoms. The van der Waals surface area contributed by atoms with E-state index in [9.17, 15) is 27.2 Å². The van der Waals surface area contributed by atoms with Crippen LogP contribution in [-0.4, -0.2) is 34.2 Å². The van der Waals surface area contributed by atoms with Gasteiger partial charge in [0.1, 0.15) is 16.5 Å². The third kappa shape index (κ3) is 6.04. The van der Waals surface area contributed by atoms with Crippen molar-refractivity contribution in [3.8, 4) is 11.3 Å². The zero-order valence-electron chi connectivity index (χ0n) is 19.1. The molecule has 0 radical (unpaired) electrons. The minimum atomic E-state index is -4.74. The number of anilines is 1. The number of hydrogen-bond donors (Lipinski definition) is 1. The quantitative estimate of drug-likeness (QED) is 0.168. The average molecular weight is 540 g/mol. The van der Waals surface area contributed by atoms with Crippen molar-refractivity contribution >= 4 is 40.0 Å². The fraction of sp³-hybridized carbons (Fsp3) is 0.333. The fourth-order valence-electron chi connectivity index (χ4n) is 3.77. The minimum Gasteiger partial charge on any atom is -0.462 e. The van der Waals surface area contributed by atoms with Gasteiger partial charge < -0.3 is 10.1 Å². The molecule has 0 unspecified atom stereocenters. The van der Waals surface area contributed by atoms with Crippen LogP contribution in [0.4, 0.5) is 22.6 Å². The molecule has 2 heterocycles. The monoisotopic (exact) mass is 539 g/mol. The number of aromatic nitrogens is 2. The van der Waals surface area contributed by atoms with Crippen LogP contribution in [0.3, 0.4) is 0 Å². The number of thioether (sulfide) groups is 1. The van der Waals surface area contributed by atoms with Crippen LogP contribution in [0.2, 0.25) is 0 Å². The maximum atomic E-state index is 13.4. The summed E-state index contributed by atoms with van der Waals surface area (Å²) >= 11 is 2.05. The molecule has 0 bridgehead atoms. The number of hydrogen-bond acceptors (Lipinski definition) is 7. The number of alkyl halides is 3. The Balaban J connectivity index is 1.54. The molecule has 3 aromatic rings. The minimum absolute atomic E-state index is 0.0456. The van der Waals surface area contributed by atoms with Crippen molar-refractivity contribution in [3.05, 3.63) is 57.8 Å². The van der Waals surface area contributed by atoms with Gasteiger partial charge in [-0.05, 0) is 68.5 Å². The summed E-state index contributed by atoms with van der Waals surface area (Å²) in [6.07, 6.45) is -1.29. The van der Waals surface area contributed by atoms with Crippen molar-refractivity contribution in [2.75, 3.05) is 17.7 Å². The summed E-state index contributed by atoms with van der Waals surface area (Å²) in [7, 11) is 0. The fourth-order valence-corrected chi connectivity index (χ4v) is 5.72. The number of esters is 1. The van der Waals surface area contributed by atoms with Crippen LogP contribution < -0.4 is 5.32 Å². The van der Waals surface area contributed by atoms with Crippen LogP contribution in [0.15, 0.2) is 35.5 Å². The van der Waals surface area contributed by atoms with Crippen LogP contribution in [-0.2, 0) is 28.5 Å². The second-order valence-electron chi connectivity index (χ2n) is 7.90. The second kappa shape index (κ2) is 11.0. The number of nitrogens with zero attached hydrogens (tertiary/aromatic N) is 2. The summed E-state index contributed by atoms with van der Waals surface area (Å²) in [5, 5.41) is 2.84. The molecule has 190 valence electrons. The van der Waals surface area contributed by atoms with E-state index in [1.807, 2.05) is 0 Å². The third-order valence-corrected chi connectivity index (χ3v) is 7.43. The van der Waals surface area contributed by atoms with Crippen molar-refractivity contribution in [3.63, 3.8) is 0 Å². The van der Waals surface area contributed by atoms with Gasteiger partial charge in [0.05, 0.1) is 23.6 Å². The number of fused-ring (bicyclic) bond motifs is 1. The van der Waals surface area contributed by atoms with Crippen LogP contribution in [0, 0.1) is 5.82 Å². The van der Waals surface area contributed by atoms with E-state index in [2.05, 4.69) is 15.3 Å². The second-order valence-corrected chi connectivity index (χ2v) is 9.95. The van der Waals surface area contributed by atoms with Gasteiger partial charge in [0.25, 0.3) is 0 Å². The molecule has 1 aromatic carbocycles. The molecule has 6 nitrogen and oxygen atoms in total. The Bertz CT molecular complexity index is 1280. The molecule has 4 rings (SSSR count). The molecular formula is C24H21F4N3O3S2. The Labute approximate surface area is 212 Å². The predicted molar refractivity (Wildman–Crippen MR) is 129 cm³/mol. The number of rotatable bonds is 7. The van der Waals surface area contributed by atoms with Crippen LogP contribution >= 0.6 is 23.1 Å². The van der Waals surface area contributed by atoms with Gasteiger partial charge in [0, 0.05) is 10.4 Å². The molecule has 0 saturated carbocycles. The van der Waals surface area contributed by atoms with E-state index in [1.165, 1.54) is 23.5 Å². The normalized spacial score (nSPS) is 13.2. The van der Waals surface area contributed by atoms with E-state index in [0.717, 1.165) is 66.1 Å². The van der Waals surface area contributed by atoms with Gasteiger partial charge in [-0.3, -0.25) is 4.79 Å². The molecule has 0 atom stereocenters.